The molecule has 1 aliphatic heterocycles. The summed E-state index contributed by atoms with van der Waals surface area (Å²) in [5, 5.41) is 9.39. The van der Waals surface area contributed by atoms with Crippen molar-refractivity contribution in [3.63, 3.8) is 0 Å². The molecule has 3 aromatic carbocycles. The highest BCUT2D eigenvalue weighted by Gasteiger charge is 2.55. The number of carbonyl (C=O) groups is 2. The van der Waals surface area contributed by atoms with Crippen molar-refractivity contribution in [2.75, 3.05) is 7.11 Å². The first-order valence-corrected chi connectivity index (χ1v) is 16.4. The van der Waals surface area contributed by atoms with Crippen LogP contribution in [0.4, 0.5) is 0 Å². The van der Waals surface area contributed by atoms with Crippen LogP contribution < -0.4 is 4.74 Å². The normalized spacial score (nSPS) is 17.4. The van der Waals surface area contributed by atoms with E-state index in [0.717, 1.165) is 10.5 Å². The second kappa shape index (κ2) is 13.4. The first kappa shape index (κ1) is 32.4. The van der Waals surface area contributed by atoms with Crippen LogP contribution in [0.1, 0.15) is 23.6 Å². The van der Waals surface area contributed by atoms with Gasteiger partial charge in [-0.2, -0.15) is 0 Å². The lowest BCUT2D eigenvalue weighted by Gasteiger charge is -2.47. The van der Waals surface area contributed by atoms with Crippen LogP contribution in [0.3, 0.4) is 0 Å². The molecule has 1 N–H and O–H groups in total. The zero-order valence-electron chi connectivity index (χ0n) is 23.4. The molecule has 13 heteroatoms. The maximum atomic E-state index is 13.5. The van der Waals surface area contributed by atoms with Crippen LogP contribution in [0.25, 0.3) is 0 Å². The van der Waals surface area contributed by atoms with Crippen LogP contribution in [0, 0.1) is 6.92 Å². The van der Waals surface area contributed by atoms with Crippen molar-refractivity contribution in [2.45, 2.75) is 42.8 Å². The largest absolute Gasteiger partial charge is 0.506 e. The summed E-state index contributed by atoms with van der Waals surface area (Å²) in [5.41, 5.74) is 1.95. The molecule has 3 unspecified atom stereocenters. The predicted octanol–water partition coefficient (Wildman–Crippen LogP) is 5.78. The van der Waals surface area contributed by atoms with Crippen molar-refractivity contribution in [2.24, 2.45) is 4.99 Å². The molecule has 4 rings (SSSR count). The lowest BCUT2D eigenvalue weighted by molar-refractivity contribution is -0.161. The van der Waals surface area contributed by atoms with Crippen molar-refractivity contribution in [1.82, 2.24) is 4.90 Å². The van der Waals surface area contributed by atoms with Gasteiger partial charge in [-0.05, 0) is 61.4 Å². The molecule has 1 aliphatic rings. The van der Waals surface area contributed by atoms with E-state index in [2.05, 4.69) is 11.6 Å². The molecule has 9 nitrogen and oxygen atoms in total. The molecule has 1 amide bonds. The molecule has 0 aliphatic carbocycles. The average Bonchev–Trinajstić information content (AvgIpc) is 2.96. The number of hydrogen-bond acceptors (Lipinski definition) is 9. The van der Waals surface area contributed by atoms with Crippen molar-refractivity contribution in [1.29, 1.82) is 0 Å². The zero-order chi connectivity index (χ0) is 31.5. The van der Waals surface area contributed by atoms with Gasteiger partial charge >= 0.3 is 5.97 Å². The molecule has 43 heavy (non-hydrogen) atoms. The van der Waals surface area contributed by atoms with Crippen molar-refractivity contribution >= 4 is 61.0 Å². The van der Waals surface area contributed by atoms with Gasteiger partial charge in [0.25, 0.3) is 5.91 Å². The summed E-state index contributed by atoms with van der Waals surface area (Å²) in [6, 6.07) is 13.4. The van der Waals surface area contributed by atoms with Gasteiger partial charge in [-0.1, -0.05) is 59.6 Å². The van der Waals surface area contributed by atoms with Gasteiger partial charge in [-0.3, -0.25) is 9.79 Å². The van der Waals surface area contributed by atoms with E-state index in [1.54, 1.807) is 43.3 Å². The Morgan fingerprint density at radius 2 is 1.81 bits per heavy atom. The molecule has 1 saturated heterocycles. The predicted molar refractivity (Wildman–Crippen MR) is 167 cm³/mol. The van der Waals surface area contributed by atoms with Crippen LogP contribution in [0.2, 0.25) is 10.0 Å². The van der Waals surface area contributed by atoms with E-state index in [-0.39, 0.29) is 38.4 Å². The maximum Gasteiger partial charge on any atom is 0.333 e. The minimum absolute atomic E-state index is 0.0228. The summed E-state index contributed by atoms with van der Waals surface area (Å²) in [7, 11) is -2.00. The first-order valence-electron chi connectivity index (χ1n) is 12.8. The molecule has 0 bridgehead atoms. The third kappa shape index (κ3) is 7.35. The summed E-state index contributed by atoms with van der Waals surface area (Å²) in [6.45, 7) is 7.15. The van der Waals surface area contributed by atoms with Gasteiger partial charge < -0.3 is 19.5 Å². The molecule has 0 aromatic heterocycles. The Labute approximate surface area is 263 Å². The lowest BCUT2D eigenvalue weighted by atomic mass is 9.99. The summed E-state index contributed by atoms with van der Waals surface area (Å²) >= 11 is 12.1. The van der Waals surface area contributed by atoms with Crippen LogP contribution in [-0.2, 0) is 29.8 Å². The third-order valence-corrected chi connectivity index (χ3v) is 10.7. The lowest BCUT2D eigenvalue weighted by Crippen LogP contribution is -2.67. The van der Waals surface area contributed by atoms with E-state index in [4.69, 9.17) is 32.7 Å². The molecule has 3 aromatic rings. The van der Waals surface area contributed by atoms with E-state index >= 15 is 0 Å². The first-order chi connectivity index (χ1) is 20.3. The van der Waals surface area contributed by atoms with Gasteiger partial charge in [0.1, 0.15) is 23.5 Å². The van der Waals surface area contributed by atoms with Crippen LogP contribution in [0.5, 0.6) is 11.5 Å². The minimum atomic E-state index is -4.01. The van der Waals surface area contributed by atoms with Gasteiger partial charge in [0.2, 0.25) is 8.87 Å². The molecule has 226 valence electrons. The molecule has 0 radical (unpaired) electrons. The monoisotopic (exact) mass is 662 g/mol. The topological polar surface area (TPSA) is 123 Å². The Morgan fingerprint density at radius 3 is 2.42 bits per heavy atom. The number of esters is 1. The number of aryl methyl sites for hydroxylation is 1. The zero-order valence-corrected chi connectivity index (χ0v) is 26.5. The highest BCUT2D eigenvalue weighted by molar-refractivity contribution is 8.72. The van der Waals surface area contributed by atoms with Gasteiger partial charge in [-0.15, -0.1) is 0 Å². The molecule has 0 saturated carbocycles. The highest BCUT2D eigenvalue weighted by atomic mass is 35.5. The van der Waals surface area contributed by atoms with E-state index < -0.39 is 38.2 Å². The van der Waals surface area contributed by atoms with Gasteiger partial charge in [-0.25, -0.2) is 13.2 Å². The van der Waals surface area contributed by atoms with E-state index in [1.807, 2.05) is 6.92 Å². The third-order valence-electron chi connectivity index (χ3n) is 6.53. The molecular weight excluding hydrogens is 635 g/mol. The minimum Gasteiger partial charge on any atom is -0.506 e. The van der Waals surface area contributed by atoms with Crippen molar-refractivity contribution in [3.8, 4) is 11.5 Å². The smallest absolute Gasteiger partial charge is 0.333 e. The summed E-state index contributed by atoms with van der Waals surface area (Å²) < 4.78 is 37.5. The highest BCUT2D eigenvalue weighted by Crippen LogP contribution is 2.41. The van der Waals surface area contributed by atoms with Crippen LogP contribution >= 0.6 is 34.0 Å². The number of aliphatic imine (C=N–C) groups is 1. The number of aromatic hydroxyl groups is 1. The number of ether oxygens (including phenoxy) is 2. The number of hydrogen-bond donors (Lipinski definition) is 1. The number of benzene rings is 3. The second-order valence-electron chi connectivity index (χ2n) is 9.75. The van der Waals surface area contributed by atoms with Gasteiger partial charge in [0.15, 0.2) is 12.1 Å². The Bertz CT molecular complexity index is 1680. The number of rotatable bonds is 11. The fourth-order valence-electron chi connectivity index (χ4n) is 4.22. The number of methoxy groups -OCH3 is 1. The quantitative estimate of drug-likeness (QED) is 0.0901. The molecule has 1 heterocycles. The van der Waals surface area contributed by atoms with Crippen molar-refractivity contribution < 1.29 is 32.6 Å². The molecule has 3 atom stereocenters. The van der Waals surface area contributed by atoms with Crippen LogP contribution in [-0.4, -0.2) is 61.1 Å². The number of β-lactam (4-membered cyclic amide) rings is 1. The summed E-state index contributed by atoms with van der Waals surface area (Å²) in [6.07, 6.45) is 1.19. The standard InChI is InChI=1S/C30H28Cl2N2O7S2/c1-17(2)26(30(37)41-16-19-7-9-22(40-4)10-8-19)34-28(36)25(33-15-20-13-21(31)14-24(32)27(20)35)29(34)42-43(38,39)23-11-5-18(3)6-12-23/h5-15,25-26,29,35H,1,16H2,2-4H3. The Kier molecular flexibility index (Phi) is 10.1. The number of amides is 1. The number of phenolic OH excluding ortho intramolecular Hbond substituents is 1. The average molecular weight is 664 g/mol. The number of halogens is 2. The maximum absolute atomic E-state index is 13.5. The second-order valence-corrected chi connectivity index (χ2v) is 14.5. The number of phenols is 1. The molecular formula is C30H28Cl2N2O7S2. The fourth-order valence-corrected chi connectivity index (χ4v) is 8.22. The summed E-state index contributed by atoms with van der Waals surface area (Å²) in [4.78, 5) is 32.3. The van der Waals surface area contributed by atoms with E-state index in [1.165, 1.54) is 37.6 Å². The number of nitrogens with zero attached hydrogens (tertiary/aromatic N) is 2. The van der Waals surface area contributed by atoms with Crippen molar-refractivity contribution in [3.05, 3.63) is 99.6 Å². The molecule has 1 fully saturated rings. The van der Waals surface area contributed by atoms with Crippen LogP contribution in [0.15, 0.2) is 82.7 Å². The number of likely N-dealkylation sites (tertiary alicyclic amines) is 1. The van der Waals surface area contributed by atoms with E-state index in [0.29, 0.717) is 22.1 Å². The Balaban J connectivity index is 1.64. The summed E-state index contributed by atoms with van der Waals surface area (Å²) in [5.74, 6) is -1.08. The number of carbonyl (C=O) groups excluding carboxylic acids is 2. The Hall–Kier alpha value is -3.51. The van der Waals surface area contributed by atoms with E-state index in [9.17, 15) is 23.1 Å². The van der Waals surface area contributed by atoms with Gasteiger partial charge in [0.05, 0.1) is 17.0 Å². The fraction of sp³-hybridized carbons (Fsp3) is 0.233. The Morgan fingerprint density at radius 1 is 1.16 bits per heavy atom. The molecule has 0 spiro atoms. The SMILES string of the molecule is C=C(C)C(C(=O)OCc1ccc(OC)cc1)N1C(=O)C(N=Cc2cc(Cl)cc(Cl)c2O)C1SS(=O)(=O)c1ccc(C)cc1. The van der Waals surface area contributed by atoms with Gasteiger partial charge in [0, 0.05) is 27.6 Å².